The van der Waals surface area contributed by atoms with E-state index >= 15 is 0 Å². The van der Waals surface area contributed by atoms with Gasteiger partial charge in [-0.1, -0.05) is 24.3 Å². The number of nitro groups is 1. The molecule has 0 saturated carbocycles. The third kappa shape index (κ3) is 1.59. The van der Waals surface area contributed by atoms with Gasteiger partial charge < -0.3 is 0 Å². The standard InChI is InChI=1S/C12H8N2O2/c13-8-7-9-5-6-12(14(15)16)11-4-2-1-3-10(9)11/h1-6H,7H2. The molecular weight excluding hydrogens is 204 g/mol. The molecule has 0 heterocycles. The summed E-state index contributed by atoms with van der Waals surface area (Å²) in [6.45, 7) is 0. The zero-order valence-electron chi connectivity index (χ0n) is 8.38. The molecule has 2 aromatic rings. The Hall–Kier alpha value is -2.41. The van der Waals surface area contributed by atoms with E-state index in [-0.39, 0.29) is 12.1 Å². The lowest BCUT2D eigenvalue weighted by atomic mass is 10.0. The van der Waals surface area contributed by atoms with Gasteiger partial charge in [-0.05, 0) is 17.0 Å². The van der Waals surface area contributed by atoms with Crippen LogP contribution in [0.15, 0.2) is 36.4 Å². The van der Waals surface area contributed by atoms with E-state index in [2.05, 4.69) is 6.07 Å². The second-order valence-electron chi connectivity index (χ2n) is 3.38. The molecule has 0 amide bonds. The summed E-state index contributed by atoms with van der Waals surface area (Å²) in [6, 6.07) is 12.2. The summed E-state index contributed by atoms with van der Waals surface area (Å²) in [5.41, 5.74) is 0.904. The molecule has 0 bridgehead atoms. The fourth-order valence-corrected chi connectivity index (χ4v) is 1.74. The van der Waals surface area contributed by atoms with Gasteiger partial charge in [0.05, 0.1) is 22.8 Å². The topological polar surface area (TPSA) is 66.9 Å². The van der Waals surface area contributed by atoms with Crippen molar-refractivity contribution in [2.45, 2.75) is 6.42 Å². The van der Waals surface area contributed by atoms with Crippen LogP contribution in [0.2, 0.25) is 0 Å². The number of hydrogen-bond acceptors (Lipinski definition) is 3. The van der Waals surface area contributed by atoms with Crippen LogP contribution in [-0.2, 0) is 6.42 Å². The van der Waals surface area contributed by atoms with E-state index < -0.39 is 4.92 Å². The molecule has 4 nitrogen and oxygen atoms in total. The summed E-state index contributed by atoms with van der Waals surface area (Å²) in [4.78, 5) is 10.4. The number of nitriles is 1. The Kier molecular flexibility index (Phi) is 2.52. The molecule has 0 aliphatic carbocycles. The maximum Gasteiger partial charge on any atom is 0.277 e. The van der Waals surface area contributed by atoms with E-state index in [1.165, 1.54) is 6.07 Å². The van der Waals surface area contributed by atoms with Crippen LogP contribution < -0.4 is 0 Å². The first kappa shape index (κ1) is 10.1. The highest BCUT2D eigenvalue weighted by molar-refractivity contribution is 5.93. The zero-order chi connectivity index (χ0) is 11.5. The van der Waals surface area contributed by atoms with Crippen LogP contribution in [0.4, 0.5) is 5.69 Å². The molecule has 0 aliphatic rings. The van der Waals surface area contributed by atoms with Crippen molar-refractivity contribution in [1.82, 2.24) is 0 Å². The summed E-state index contributed by atoms with van der Waals surface area (Å²) in [6.07, 6.45) is 0.262. The monoisotopic (exact) mass is 212 g/mol. The lowest BCUT2D eigenvalue weighted by molar-refractivity contribution is -0.383. The van der Waals surface area contributed by atoms with Crippen molar-refractivity contribution in [3.63, 3.8) is 0 Å². The molecule has 0 fully saturated rings. The van der Waals surface area contributed by atoms with Gasteiger partial charge in [0.1, 0.15) is 0 Å². The number of nitrogens with zero attached hydrogens (tertiary/aromatic N) is 2. The Labute approximate surface area is 91.9 Å². The van der Waals surface area contributed by atoms with Gasteiger partial charge >= 0.3 is 0 Å². The maximum absolute atomic E-state index is 10.8. The van der Waals surface area contributed by atoms with E-state index in [9.17, 15) is 10.1 Å². The Bertz CT molecular complexity index is 599. The van der Waals surface area contributed by atoms with Crippen LogP contribution in [0.25, 0.3) is 10.8 Å². The second kappa shape index (κ2) is 3.99. The molecule has 0 aliphatic heterocycles. The van der Waals surface area contributed by atoms with Crippen molar-refractivity contribution in [1.29, 1.82) is 5.26 Å². The Morgan fingerprint density at radius 2 is 1.88 bits per heavy atom. The number of nitro benzene ring substituents is 1. The summed E-state index contributed by atoms with van der Waals surface area (Å²) >= 11 is 0. The van der Waals surface area contributed by atoms with Crippen molar-refractivity contribution in [2.24, 2.45) is 0 Å². The summed E-state index contributed by atoms with van der Waals surface area (Å²) in [5, 5.41) is 20.9. The van der Waals surface area contributed by atoms with Gasteiger partial charge in [-0.15, -0.1) is 0 Å². The van der Waals surface area contributed by atoms with Crippen molar-refractivity contribution in [2.75, 3.05) is 0 Å². The van der Waals surface area contributed by atoms with Crippen LogP contribution in [0.3, 0.4) is 0 Å². The van der Waals surface area contributed by atoms with Gasteiger partial charge in [-0.3, -0.25) is 10.1 Å². The van der Waals surface area contributed by atoms with Crippen molar-refractivity contribution >= 4 is 16.5 Å². The van der Waals surface area contributed by atoms with Gasteiger partial charge in [0, 0.05) is 6.07 Å². The molecule has 2 aromatic carbocycles. The van der Waals surface area contributed by atoms with Crippen LogP contribution in [-0.4, -0.2) is 4.92 Å². The number of rotatable bonds is 2. The third-order valence-electron chi connectivity index (χ3n) is 2.46. The molecule has 0 saturated heterocycles. The highest BCUT2D eigenvalue weighted by Gasteiger charge is 2.13. The quantitative estimate of drug-likeness (QED) is 0.567. The van der Waals surface area contributed by atoms with Crippen LogP contribution in [0.5, 0.6) is 0 Å². The van der Waals surface area contributed by atoms with Crippen LogP contribution in [0, 0.1) is 21.4 Å². The van der Waals surface area contributed by atoms with E-state index in [1.54, 1.807) is 24.3 Å². The van der Waals surface area contributed by atoms with Crippen LogP contribution >= 0.6 is 0 Å². The predicted octanol–water partition coefficient (Wildman–Crippen LogP) is 2.81. The molecule has 78 valence electrons. The smallest absolute Gasteiger partial charge is 0.258 e. The summed E-state index contributed by atoms with van der Waals surface area (Å²) < 4.78 is 0. The molecule has 0 radical (unpaired) electrons. The maximum atomic E-state index is 10.8. The first-order chi connectivity index (χ1) is 7.74. The molecule has 16 heavy (non-hydrogen) atoms. The number of fused-ring (bicyclic) bond motifs is 1. The van der Waals surface area contributed by atoms with Gasteiger partial charge in [0.2, 0.25) is 0 Å². The Morgan fingerprint density at radius 1 is 1.19 bits per heavy atom. The molecule has 0 N–H and O–H groups in total. The fraction of sp³-hybridized carbons (Fsp3) is 0.0833. The molecule has 4 heteroatoms. The van der Waals surface area contributed by atoms with Gasteiger partial charge in [0.25, 0.3) is 5.69 Å². The third-order valence-corrected chi connectivity index (χ3v) is 2.46. The average Bonchev–Trinajstić information content (AvgIpc) is 2.29. The summed E-state index contributed by atoms with van der Waals surface area (Å²) in [7, 11) is 0. The van der Waals surface area contributed by atoms with E-state index in [0.29, 0.717) is 5.39 Å². The number of hydrogen-bond donors (Lipinski definition) is 0. The van der Waals surface area contributed by atoms with Crippen molar-refractivity contribution in [3.8, 4) is 6.07 Å². The van der Waals surface area contributed by atoms with Crippen LogP contribution in [0.1, 0.15) is 5.56 Å². The number of benzene rings is 2. The molecule has 0 spiro atoms. The summed E-state index contributed by atoms with van der Waals surface area (Å²) in [5.74, 6) is 0. The first-order valence-corrected chi connectivity index (χ1v) is 4.76. The molecule has 0 atom stereocenters. The minimum atomic E-state index is -0.404. The lowest BCUT2D eigenvalue weighted by Gasteiger charge is -2.03. The van der Waals surface area contributed by atoms with E-state index in [4.69, 9.17) is 5.26 Å². The van der Waals surface area contributed by atoms with Crippen molar-refractivity contribution < 1.29 is 4.92 Å². The highest BCUT2D eigenvalue weighted by atomic mass is 16.6. The minimum absolute atomic E-state index is 0.0808. The number of non-ortho nitro benzene ring substituents is 1. The van der Waals surface area contributed by atoms with E-state index in [0.717, 1.165) is 10.9 Å². The van der Waals surface area contributed by atoms with Gasteiger partial charge in [0.15, 0.2) is 0 Å². The normalized spacial score (nSPS) is 9.94. The average molecular weight is 212 g/mol. The Morgan fingerprint density at radius 3 is 2.50 bits per heavy atom. The highest BCUT2D eigenvalue weighted by Crippen LogP contribution is 2.28. The SMILES string of the molecule is N#CCc1ccc([N+](=O)[O-])c2ccccc12. The fourth-order valence-electron chi connectivity index (χ4n) is 1.74. The van der Waals surface area contributed by atoms with Gasteiger partial charge in [-0.2, -0.15) is 5.26 Å². The van der Waals surface area contributed by atoms with Crippen molar-refractivity contribution in [3.05, 3.63) is 52.1 Å². The van der Waals surface area contributed by atoms with Gasteiger partial charge in [-0.25, -0.2) is 0 Å². The zero-order valence-corrected chi connectivity index (χ0v) is 8.38. The second-order valence-corrected chi connectivity index (χ2v) is 3.38. The predicted molar refractivity (Wildman–Crippen MR) is 59.9 cm³/mol. The largest absolute Gasteiger partial charge is 0.277 e. The molecule has 0 unspecified atom stereocenters. The lowest BCUT2D eigenvalue weighted by Crippen LogP contribution is -1.92. The first-order valence-electron chi connectivity index (χ1n) is 4.76. The molecule has 2 rings (SSSR count). The molecule has 0 aromatic heterocycles. The Balaban J connectivity index is 2.78. The minimum Gasteiger partial charge on any atom is -0.258 e. The van der Waals surface area contributed by atoms with E-state index in [1.807, 2.05) is 6.07 Å². The molecular formula is C12H8N2O2.